The van der Waals surface area contributed by atoms with Gasteiger partial charge in [0.25, 0.3) is 0 Å². The Labute approximate surface area is 116 Å². The molecule has 1 aliphatic rings. The van der Waals surface area contributed by atoms with E-state index < -0.39 is 0 Å². The summed E-state index contributed by atoms with van der Waals surface area (Å²) in [4.78, 5) is 2.45. The zero-order valence-electron chi connectivity index (χ0n) is 12.2. The molecule has 1 saturated heterocycles. The van der Waals surface area contributed by atoms with Gasteiger partial charge in [0.2, 0.25) is 0 Å². The number of aryl methyl sites for hydroxylation is 1. The fraction of sp³-hybridized carbons (Fsp3) is 0.625. The third-order valence-corrected chi connectivity index (χ3v) is 4.32. The van der Waals surface area contributed by atoms with Gasteiger partial charge in [0, 0.05) is 31.7 Å². The van der Waals surface area contributed by atoms with E-state index in [2.05, 4.69) is 30.1 Å². The Bertz CT molecular complexity index is 419. The Morgan fingerprint density at radius 3 is 2.89 bits per heavy atom. The van der Waals surface area contributed by atoms with Gasteiger partial charge in [-0.25, -0.2) is 4.39 Å². The molecule has 2 unspecified atom stereocenters. The Hall–Kier alpha value is -0.930. The summed E-state index contributed by atoms with van der Waals surface area (Å²) in [6, 6.07) is 6.54. The molecule has 0 spiro atoms. The summed E-state index contributed by atoms with van der Waals surface area (Å²) in [6.45, 7) is 9.36. The van der Waals surface area contributed by atoms with E-state index in [0.29, 0.717) is 6.04 Å². The Morgan fingerprint density at radius 1 is 1.42 bits per heavy atom. The molecule has 2 nitrogen and oxygen atoms in total. The maximum Gasteiger partial charge on any atom is 0.126 e. The number of benzene rings is 1. The second-order valence-electron chi connectivity index (χ2n) is 5.57. The van der Waals surface area contributed by atoms with Crippen molar-refractivity contribution in [2.45, 2.75) is 45.7 Å². The molecule has 0 aliphatic carbocycles. The van der Waals surface area contributed by atoms with Crippen molar-refractivity contribution in [3.8, 4) is 0 Å². The van der Waals surface area contributed by atoms with E-state index in [1.54, 1.807) is 6.07 Å². The van der Waals surface area contributed by atoms with Crippen LogP contribution in [0.5, 0.6) is 0 Å². The van der Waals surface area contributed by atoms with E-state index >= 15 is 0 Å². The average Bonchev–Trinajstić information content (AvgIpc) is 2.66. The van der Waals surface area contributed by atoms with Crippen LogP contribution in [0.25, 0.3) is 0 Å². The second kappa shape index (κ2) is 6.49. The van der Waals surface area contributed by atoms with E-state index in [1.807, 2.05) is 13.0 Å². The standard InChI is InChI=1S/C16H25FN2/c1-4-15-7-9-19(10-8-18-15)13(3)14-6-5-12(2)16(17)11-14/h5-6,11,13,15,18H,4,7-10H2,1-3H3. The first-order valence-electron chi connectivity index (χ1n) is 7.35. The third kappa shape index (κ3) is 3.54. The van der Waals surface area contributed by atoms with Crippen LogP contribution in [0, 0.1) is 12.7 Å². The minimum absolute atomic E-state index is 0.0938. The molecule has 0 bridgehead atoms. The molecule has 1 aliphatic heterocycles. The van der Waals surface area contributed by atoms with E-state index in [0.717, 1.165) is 30.8 Å². The SMILES string of the molecule is CCC1CCN(C(C)c2ccc(C)c(F)c2)CCN1. The van der Waals surface area contributed by atoms with Crippen molar-refractivity contribution in [3.63, 3.8) is 0 Å². The molecule has 1 heterocycles. The van der Waals surface area contributed by atoms with E-state index in [1.165, 1.54) is 12.8 Å². The molecular formula is C16H25FN2. The minimum atomic E-state index is -0.0938. The normalized spacial score (nSPS) is 23.1. The van der Waals surface area contributed by atoms with Crippen LogP contribution in [0.4, 0.5) is 4.39 Å². The van der Waals surface area contributed by atoms with Gasteiger partial charge in [-0.2, -0.15) is 0 Å². The largest absolute Gasteiger partial charge is 0.313 e. The first-order chi connectivity index (χ1) is 9.11. The highest BCUT2D eigenvalue weighted by atomic mass is 19.1. The molecule has 1 N–H and O–H groups in total. The van der Waals surface area contributed by atoms with Crippen LogP contribution in [-0.4, -0.2) is 30.6 Å². The third-order valence-electron chi connectivity index (χ3n) is 4.32. The second-order valence-corrected chi connectivity index (χ2v) is 5.57. The number of hydrogen-bond acceptors (Lipinski definition) is 2. The highest BCUT2D eigenvalue weighted by Gasteiger charge is 2.20. The molecule has 106 valence electrons. The maximum absolute atomic E-state index is 13.7. The smallest absolute Gasteiger partial charge is 0.126 e. The van der Waals surface area contributed by atoms with Crippen molar-refractivity contribution in [1.29, 1.82) is 0 Å². The molecule has 0 saturated carbocycles. The predicted octanol–water partition coefficient (Wildman–Crippen LogP) is 3.27. The van der Waals surface area contributed by atoms with Crippen molar-refractivity contribution < 1.29 is 4.39 Å². The molecular weight excluding hydrogens is 239 g/mol. The van der Waals surface area contributed by atoms with Crippen molar-refractivity contribution in [2.75, 3.05) is 19.6 Å². The van der Waals surface area contributed by atoms with Gasteiger partial charge in [0.05, 0.1) is 0 Å². The predicted molar refractivity (Wildman–Crippen MR) is 77.8 cm³/mol. The number of hydrogen-bond donors (Lipinski definition) is 1. The van der Waals surface area contributed by atoms with Gasteiger partial charge in [-0.05, 0) is 43.9 Å². The summed E-state index contributed by atoms with van der Waals surface area (Å²) in [5, 5.41) is 3.57. The highest BCUT2D eigenvalue weighted by Crippen LogP contribution is 2.23. The van der Waals surface area contributed by atoms with Crippen LogP contribution < -0.4 is 5.32 Å². The molecule has 0 aromatic heterocycles. The van der Waals surface area contributed by atoms with Gasteiger partial charge < -0.3 is 5.32 Å². The van der Waals surface area contributed by atoms with Crippen LogP contribution in [0.3, 0.4) is 0 Å². The lowest BCUT2D eigenvalue weighted by Crippen LogP contribution is -2.31. The molecule has 1 fully saturated rings. The van der Waals surface area contributed by atoms with Crippen molar-refractivity contribution >= 4 is 0 Å². The number of rotatable bonds is 3. The first-order valence-corrected chi connectivity index (χ1v) is 7.35. The highest BCUT2D eigenvalue weighted by molar-refractivity contribution is 5.25. The van der Waals surface area contributed by atoms with E-state index in [-0.39, 0.29) is 11.9 Å². The summed E-state index contributed by atoms with van der Waals surface area (Å²) in [5.41, 5.74) is 1.80. The minimum Gasteiger partial charge on any atom is -0.313 e. The summed E-state index contributed by atoms with van der Waals surface area (Å²) in [5.74, 6) is -0.0938. The summed E-state index contributed by atoms with van der Waals surface area (Å²) >= 11 is 0. The zero-order valence-corrected chi connectivity index (χ0v) is 12.2. The van der Waals surface area contributed by atoms with Crippen LogP contribution >= 0.6 is 0 Å². The van der Waals surface area contributed by atoms with Crippen molar-refractivity contribution in [1.82, 2.24) is 10.2 Å². The van der Waals surface area contributed by atoms with Crippen molar-refractivity contribution in [2.24, 2.45) is 0 Å². The zero-order chi connectivity index (χ0) is 13.8. The van der Waals surface area contributed by atoms with Crippen molar-refractivity contribution in [3.05, 3.63) is 35.1 Å². The van der Waals surface area contributed by atoms with Crippen LogP contribution in [0.2, 0.25) is 0 Å². The van der Waals surface area contributed by atoms with Gasteiger partial charge in [0.15, 0.2) is 0 Å². The van der Waals surface area contributed by atoms with Crippen LogP contribution in [-0.2, 0) is 0 Å². The van der Waals surface area contributed by atoms with E-state index in [9.17, 15) is 4.39 Å². The summed E-state index contributed by atoms with van der Waals surface area (Å²) in [7, 11) is 0. The molecule has 0 amide bonds. The topological polar surface area (TPSA) is 15.3 Å². The lowest BCUT2D eigenvalue weighted by atomic mass is 10.0. The number of nitrogens with zero attached hydrogens (tertiary/aromatic N) is 1. The van der Waals surface area contributed by atoms with Gasteiger partial charge in [-0.3, -0.25) is 4.90 Å². The van der Waals surface area contributed by atoms with E-state index in [4.69, 9.17) is 0 Å². The summed E-state index contributed by atoms with van der Waals surface area (Å²) in [6.07, 6.45) is 2.36. The fourth-order valence-corrected chi connectivity index (χ4v) is 2.76. The molecule has 3 heteroatoms. The quantitative estimate of drug-likeness (QED) is 0.901. The lowest BCUT2D eigenvalue weighted by molar-refractivity contribution is 0.223. The van der Waals surface area contributed by atoms with Crippen LogP contribution in [0.15, 0.2) is 18.2 Å². The Kier molecular flexibility index (Phi) is 4.94. The lowest BCUT2D eigenvalue weighted by Gasteiger charge is -2.28. The van der Waals surface area contributed by atoms with Gasteiger partial charge in [-0.1, -0.05) is 19.1 Å². The Balaban J connectivity index is 2.06. The van der Waals surface area contributed by atoms with Crippen LogP contribution in [0.1, 0.15) is 43.9 Å². The number of halogens is 1. The Morgan fingerprint density at radius 2 is 2.21 bits per heavy atom. The van der Waals surface area contributed by atoms with Gasteiger partial charge in [-0.15, -0.1) is 0 Å². The molecule has 2 rings (SSSR count). The molecule has 2 atom stereocenters. The molecule has 0 radical (unpaired) electrons. The molecule has 1 aromatic rings. The monoisotopic (exact) mass is 264 g/mol. The maximum atomic E-state index is 13.7. The fourth-order valence-electron chi connectivity index (χ4n) is 2.76. The average molecular weight is 264 g/mol. The van der Waals surface area contributed by atoms with Gasteiger partial charge in [0.1, 0.15) is 5.82 Å². The molecule has 19 heavy (non-hydrogen) atoms. The van der Waals surface area contributed by atoms with Gasteiger partial charge >= 0.3 is 0 Å². The first kappa shape index (κ1) is 14.5. The summed E-state index contributed by atoms with van der Waals surface area (Å²) < 4.78 is 13.7. The number of nitrogens with one attached hydrogen (secondary N) is 1. The molecule has 1 aromatic carbocycles.